The molecular weight excluding hydrogens is 509 g/mol. The monoisotopic (exact) mass is 531 g/mol. The molecule has 178 valence electrons. The van der Waals surface area contributed by atoms with Gasteiger partial charge in [-0.1, -0.05) is 23.2 Å². The van der Waals surface area contributed by atoms with Crippen molar-refractivity contribution in [2.45, 2.75) is 6.92 Å². The van der Waals surface area contributed by atoms with Gasteiger partial charge in [0.1, 0.15) is 17.2 Å². The topological polar surface area (TPSA) is 103 Å². The van der Waals surface area contributed by atoms with Gasteiger partial charge in [-0.2, -0.15) is 0 Å². The first kappa shape index (κ1) is 25.7. The van der Waals surface area contributed by atoms with Crippen LogP contribution in [0.15, 0.2) is 18.2 Å². The van der Waals surface area contributed by atoms with Gasteiger partial charge >= 0.3 is 0 Å². The number of amides is 1. The summed E-state index contributed by atoms with van der Waals surface area (Å²) in [5.74, 6) is 0.427. The van der Waals surface area contributed by atoms with Crippen molar-refractivity contribution in [3.05, 3.63) is 33.1 Å². The second-order valence-electron chi connectivity index (χ2n) is 7.18. The third-order valence-corrected chi connectivity index (χ3v) is 6.65. The zero-order valence-corrected chi connectivity index (χ0v) is 21.0. The summed E-state index contributed by atoms with van der Waals surface area (Å²) in [7, 11) is 0. The number of carbonyl (C=O) groups excluding carboxylic acids is 1. The second-order valence-corrected chi connectivity index (χ2v) is 9.03. The lowest BCUT2D eigenvalue weighted by Gasteiger charge is -2.26. The Morgan fingerprint density at radius 1 is 1.24 bits per heavy atom. The standard InChI is InChI=1S/C21H23Cl2N5O3S.ClH/c1-2-25-19(29)17-10-13-18(26-21(24)27-20(13)32-17)12-9-16(15(23)11-14(12)22)31-8-5-28-3-6-30-7-4-28;/h9-11H,2-8H2,1H3,(H,25,29)(H2,24,26,27);1H. The molecule has 1 saturated heterocycles. The highest BCUT2D eigenvalue weighted by atomic mass is 35.5. The maximum atomic E-state index is 12.3. The van der Waals surface area contributed by atoms with Gasteiger partial charge in [0.2, 0.25) is 5.95 Å². The summed E-state index contributed by atoms with van der Waals surface area (Å²) in [6.45, 7) is 6.86. The number of fused-ring (bicyclic) bond motifs is 1. The summed E-state index contributed by atoms with van der Waals surface area (Å²) >= 11 is 14.2. The number of nitrogens with one attached hydrogen (secondary N) is 1. The predicted molar refractivity (Wildman–Crippen MR) is 135 cm³/mol. The molecule has 33 heavy (non-hydrogen) atoms. The van der Waals surface area contributed by atoms with E-state index in [2.05, 4.69) is 20.2 Å². The Bertz CT molecular complexity index is 1140. The second kappa shape index (κ2) is 11.5. The highest BCUT2D eigenvalue weighted by molar-refractivity contribution is 7.20. The van der Waals surface area contributed by atoms with E-state index in [4.69, 9.17) is 38.4 Å². The first-order valence-electron chi connectivity index (χ1n) is 10.2. The van der Waals surface area contributed by atoms with E-state index in [1.54, 1.807) is 18.2 Å². The number of carbonyl (C=O) groups is 1. The summed E-state index contributed by atoms with van der Waals surface area (Å²) in [5, 5.41) is 4.29. The quantitative estimate of drug-likeness (QED) is 0.472. The molecule has 0 aliphatic carbocycles. The van der Waals surface area contributed by atoms with Crippen LogP contribution in [-0.2, 0) is 4.74 Å². The van der Waals surface area contributed by atoms with E-state index in [0.717, 1.165) is 32.8 Å². The minimum atomic E-state index is -0.172. The normalized spacial score (nSPS) is 14.2. The molecule has 0 saturated carbocycles. The molecule has 8 nitrogen and oxygen atoms in total. The molecule has 0 unspecified atom stereocenters. The number of hydrogen-bond donors (Lipinski definition) is 2. The summed E-state index contributed by atoms with van der Waals surface area (Å²) in [5.41, 5.74) is 7.09. The smallest absolute Gasteiger partial charge is 0.261 e. The summed E-state index contributed by atoms with van der Waals surface area (Å²) in [4.78, 5) is 24.4. The molecule has 0 bridgehead atoms. The van der Waals surface area contributed by atoms with Crippen molar-refractivity contribution >= 4 is 69.0 Å². The molecule has 4 rings (SSSR count). The molecule has 1 aliphatic rings. The number of nitrogen functional groups attached to an aromatic ring is 1. The minimum Gasteiger partial charge on any atom is -0.491 e. The van der Waals surface area contributed by atoms with Crippen molar-refractivity contribution in [1.82, 2.24) is 20.2 Å². The fraction of sp³-hybridized carbons (Fsp3) is 0.381. The fourth-order valence-corrected chi connectivity index (χ4v) is 4.92. The third kappa shape index (κ3) is 5.98. The lowest BCUT2D eigenvalue weighted by molar-refractivity contribution is 0.0322. The van der Waals surface area contributed by atoms with E-state index < -0.39 is 0 Å². The Morgan fingerprint density at radius 2 is 2.00 bits per heavy atom. The van der Waals surface area contributed by atoms with E-state index in [-0.39, 0.29) is 24.3 Å². The van der Waals surface area contributed by atoms with Crippen molar-refractivity contribution in [2.24, 2.45) is 0 Å². The summed E-state index contributed by atoms with van der Waals surface area (Å²) in [6.07, 6.45) is 0. The number of morpholine rings is 1. The number of rotatable bonds is 7. The van der Waals surface area contributed by atoms with Crippen LogP contribution in [0.5, 0.6) is 5.75 Å². The number of aromatic nitrogens is 2. The highest BCUT2D eigenvalue weighted by Crippen LogP contribution is 2.40. The van der Waals surface area contributed by atoms with Crippen LogP contribution in [-0.4, -0.2) is 66.8 Å². The molecule has 3 heterocycles. The van der Waals surface area contributed by atoms with Gasteiger partial charge in [0, 0.05) is 37.1 Å². The van der Waals surface area contributed by atoms with Crippen molar-refractivity contribution < 1.29 is 14.3 Å². The molecule has 0 radical (unpaired) electrons. The lowest BCUT2D eigenvalue weighted by atomic mass is 10.1. The van der Waals surface area contributed by atoms with Gasteiger partial charge in [-0.15, -0.1) is 23.7 Å². The van der Waals surface area contributed by atoms with Gasteiger partial charge in [-0.3, -0.25) is 9.69 Å². The first-order chi connectivity index (χ1) is 15.5. The van der Waals surface area contributed by atoms with E-state index in [9.17, 15) is 4.79 Å². The van der Waals surface area contributed by atoms with Crippen molar-refractivity contribution in [2.75, 3.05) is 51.7 Å². The largest absolute Gasteiger partial charge is 0.491 e. The molecule has 1 fully saturated rings. The molecular formula is C21H24Cl3N5O3S. The van der Waals surface area contributed by atoms with Gasteiger partial charge in [0.05, 0.1) is 33.8 Å². The lowest BCUT2D eigenvalue weighted by Crippen LogP contribution is -2.38. The number of nitrogens with zero attached hydrogens (tertiary/aromatic N) is 3. The maximum absolute atomic E-state index is 12.3. The van der Waals surface area contributed by atoms with Crippen LogP contribution in [0.1, 0.15) is 16.6 Å². The van der Waals surface area contributed by atoms with Gasteiger partial charge in [-0.05, 0) is 25.1 Å². The van der Waals surface area contributed by atoms with Crippen LogP contribution in [0.4, 0.5) is 5.95 Å². The van der Waals surface area contributed by atoms with E-state index in [0.29, 0.717) is 55.3 Å². The molecule has 3 aromatic rings. The first-order valence-corrected chi connectivity index (χ1v) is 11.8. The van der Waals surface area contributed by atoms with Crippen molar-refractivity contribution in [3.8, 4) is 17.0 Å². The highest BCUT2D eigenvalue weighted by Gasteiger charge is 2.19. The fourth-order valence-electron chi connectivity index (χ4n) is 3.43. The number of ether oxygens (including phenoxy) is 2. The third-order valence-electron chi connectivity index (χ3n) is 5.02. The van der Waals surface area contributed by atoms with Gasteiger partial charge < -0.3 is 20.5 Å². The SMILES string of the molecule is CCNC(=O)c1cc2c(-c3cc(OCCN4CCOCC4)c(Cl)cc3Cl)nc(N)nc2s1.Cl. The number of benzene rings is 1. The van der Waals surface area contributed by atoms with Gasteiger partial charge in [-0.25, -0.2) is 9.97 Å². The van der Waals surface area contributed by atoms with Gasteiger partial charge in [0.15, 0.2) is 0 Å². The molecule has 3 N–H and O–H groups in total. The summed E-state index contributed by atoms with van der Waals surface area (Å²) in [6, 6.07) is 5.14. The summed E-state index contributed by atoms with van der Waals surface area (Å²) < 4.78 is 11.3. The Labute approximate surface area is 211 Å². The van der Waals surface area contributed by atoms with E-state index >= 15 is 0 Å². The van der Waals surface area contributed by atoms with E-state index in [1.807, 2.05) is 6.92 Å². The van der Waals surface area contributed by atoms with Crippen molar-refractivity contribution in [3.63, 3.8) is 0 Å². The van der Waals surface area contributed by atoms with Crippen LogP contribution in [0.25, 0.3) is 21.5 Å². The van der Waals surface area contributed by atoms with Crippen LogP contribution in [0.2, 0.25) is 10.0 Å². The van der Waals surface area contributed by atoms with Gasteiger partial charge in [0.25, 0.3) is 5.91 Å². The number of nitrogens with two attached hydrogens (primary N) is 1. The predicted octanol–water partition coefficient (Wildman–Crippen LogP) is 4.13. The minimum absolute atomic E-state index is 0. The van der Waals surface area contributed by atoms with Crippen LogP contribution < -0.4 is 15.8 Å². The number of anilines is 1. The zero-order valence-electron chi connectivity index (χ0n) is 17.9. The molecule has 1 aliphatic heterocycles. The Balaban J connectivity index is 0.00000306. The Kier molecular flexibility index (Phi) is 8.97. The molecule has 2 aromatic heterocycles. The zero-order chi connectivity index (χ0) is 22.7. The van der Waals surface area contributed by atoms with Crippen molar-refractivity contribution in [1.29, 1.82) is 0 Å². The molecule has 1 amide bonds. The Hall–Kier alpha value is -1.88. The molecule has 0 atom stereocenters. The van der Waals surface area contributed by atoms with Crippen LogP contribution >= 0.6 is 46.9 Å². The van der Waals surface area contributed by atoms with Crippen LogP contribution in [0, 0.1) is 0 Å². The molecule has 1 aromatic carbocycles. The number of halogens is 3. The number of thiophene rings is 1. The van der Waals surface area contributed by atoms with E-state index in [1.165, 1.54) is 11.3 Å². The Morgan fingerprint density at radius 3 is 2.73 bits per heavy atom. The van der Waals surface area contributed by atoms with Crippen LogP contribution in [0.3, 0.4) is 0 Å². The number of hydrogen-bond acceptors (Lipinski definition) is 8. The molecule has 0 spiro atoms. The average molecular weight is 533 g/mol. The molecule has 12 heteroatoms. The maximum Gasteiger partial charge on any atom is 0.261 e. The average Bonchev–Trinajstić information content (AvgIpc) is 3.20.